The lowest BCUT2D eigenvalue weighted by Crippen LogP contribution is -1.97. The molecule has 57 heavy (non-hydrogen) atoms. The van der Waals surface area contributed by atoms with Gasteiger partial charge in [-0.15, -0.1) is 0 Å². The van der Waals surface area contributed by atoms with Crippen LogP contribution in [0, 0.1) is 24.5 Å². The van der Waals surface area contributed by atoms with Gasteiger partial charge in [-0.1, -0.05) is 78.9 Å². The summed E-state index contributed by atoms with van der Waals surface area (Å²) in [4.78, 5) is 7.57. The summed E-state index contributed by atoms with van der Waals surface area (Å²) >= 11 is 0. The number of hydrogen-bond acceptors (Lipinski definition) is 1. The van der Waals surface area contributed by atoms with E-state index in [9.17, 15) is 5.26 Å². The van der Waals surface area contributed by atoms with Crippen LogP contribution in [-0.4, -0.2) is 13.7 Å². The van der Waals surface area contributed by atoms with Gasteiger partial charge in [0.1, 0.15) is 0 Å². The maximum Gasteiger partial charge on any atom is 0.189 e. The minimum Gasteiger partial charge on any atom is -0.311 e. The van der Waals surface area contributed by atoms with Gasteiger partial charge in [-0.25, -0.2) is 9.69 Å². The third-order valence-electron chi connectivity index (χ3n) is 11.3. The van der Waals surface area contributed by atoms with E-state index in [0.29, 0.717) is 16.9 Å². The van der Waals surface area contributed by atoms with Crippen LogP contribution in [0.4, 0.5) is 11.4 Å². The standard InChI is InChI=1S/C51H28N6/c1-53-35-21-25-47-42(30-35)41-12-5-6-13-44(41)56(47)38-28-34(27-36(29-38)54-2)33-19-22-37(23-20-33)55-48-24-18-32(31-52)26-43(48)51-49(55)16-9-17-50(51)57-45-14-7-3-10-39(45)40-11-4-8-15-46(40)57/h3-30H. The summed E-state index contributed by atoms with van der Waals surface area (Å²) in [5.74, 6) is 0. The van der Waals surface area contributed by atoms with E-state index < -0.39 is 0 Å². The fourth-order valence-corrected chi connectivity index (χ4v) is 8.83. The summed E-state index contributed by atoms with van der Waals surface area (Å²) in [6.07, 6.45) is 0. The molecule has 3 heterocycles. The van der Waals surface area contributed by atoms with Crippen LogP contribution in [-0.2, 0) is 0 Å². The highest BCUT2D eigenvalue weighted by atomic mass is 15.0. The first kappa shape index (κ1) is 32.1. The minimum absolute atomic E-state index is 0.545. The highest BCUT2D eigenvalue weighted by Gasteiger charge is 2.20. The van der Waals surface area contributed by atoms with Gasteiger partial charge >= 0.3 is 0 Å². The minimum atomic E-state index is 0.545. The number of nitrogens with zero attached hydrogens (tertiary/aromatic N) is 6. The van der Waals surface area contributed by atoms with Crippen LogP contribution >= 0.6 is 0 Å². The molecule has 0 atom stereocenters. The van der Waals surface area contributed by atoms with E-state index in [-0.39, 0.29) is 0 Å². The van der Waals surface area contributed by atoms with E-state index in [0.717, 1.165) is 82.8 Å². The van der Waals surface area contributed by atoms with Crippen LogP contribution in [0.25, 0.3) is 103 Å². The summed E-state index contributed by atoms with van der Waals surface area (Å²) in [6.45, 7) is 15.6. The molecular formula is C51H28N6. The van der Waals surface area contributed by atoms with E-state index >= 15 is 0 Å². The van der Waals surface area contributed by atoms with Crippen molar-refractivity contribution in [3.8, 4) is 34.3 Å². The second-order valence-electron chi connectivity index (χ2n) is 14.3. The summed E-state index contributed by atoms with van der Waals surface area (Å²) in [7, 11) is 0. The molecule has 11 rings (SSSR count). The van der Waals surface area contributed by atoms with E-state index in [1.165, 1.54) is 10.8 Å². The molecule has 0 aliphatic rings. The average molecular weight is 725 g/mol. The maximum atomic E-state index is 10.0. The molecule has 0 radical (unpaired) electrons. The molecule has 0 N–H and O–H groups in total. The van der Waals surface area contributed by atoms with Crippen molar-refractivity contribution in [1.82, 2.24) is 13.7 Å². The van der Waals surface area contributed by atoms with Crippen LogP contribution in [0.2, 0.25) is 0 Å². The van der Waals surface area contributed by atoms with Gasteiger partial charge in [0.25, 0.3) is 0 Å². The molecule has 0 saturated heterocycles. The van der Waals surface area contributed by atoms with Gasteiger partial charge in [-0.2, -0.15) is 5.26 Å². The predicted molar refractivity (Wildman–Crippen MR) is 232 cm³/mol. The van der Waals surface area contributed by atoms with Crippen LogP contribution < -0.4 is 0 Å². The number of nitriles is 1. The van der Waals surface area contributed by atoms with E-state index in [4.69, 9.17) is 13.1 Å². The Kier molecular flexibility index (Phi) is 6.95. The molecule has 0 saturated carbocycles. The Morgan fingerprint density at radius 1 is 0.404 bits per heavy atom. The van der Waals surface area contributed by atoms with Gasteiger partial charge in [0.15, 0.2) is 11.4 Å². The fraction of sp³-hybridized carbons (Fsp3) is 0. The Bertz CT molecular complexity index is 3560. The van der Waals surface area contributed by atoms with Crippen molar-refractivity contribution in [2.45, 2.75) is 0 Å². The number of para-hydroxylation sites is 3. The van der Waals surface area contributed by atoms with Gasteiger partial charge in [0.05, 0.1) is 63.6 Å². The molecule has 0 aliphatic heterocycles. The summed E-state index contributed by atoms with van der Waals surface area (Å²) < 4.78 is 6.82. The monoisotopic (exact) mass is 724 g/mol. The summed E-state index contributed by atoms with van der Waals surface area (Å²) in [5, 5.41) is 16.6. The molecule has 8 aromatic carbocycles. The Morgan fingerprint density at radius 2 is 0.982 bits per heavy atom. The predicted octanol–water partition coefficient (Wildman–Crippen LogP) is 13.6. The zero-order chi connectivity index (χ0) is 38.2. The second kappa shape index (κ2) is 12.3. The lowest BCUT2D eigenvalue weighted by Gasteiger charge is -2.13. The average Bonchev–Trinajstić information content (AvgIpc) is 3.91. The number of aromatic nitrogens is 3. The zero-order valence-electron chi connectivity index (χ0n) is 30.3. The van der Waals surface area contributed by atoms with Gasteiger partial charge in [-0.05, 0) is 108 Å². The molecule has 262 valence electrons. The molecule has 0 spiro atoms. The molecule has 11 aromatic rings. The smallest absolute Gasteiger partial charge is 0.189 e. The van der Waals surface area contributed by atoms with E-state index in [1.807, 2.05) is 54.6 Å². The number of benzene rings is 8. The summed E-state index contributed by atoms with van der Waals surface area (Å²) in [5.41, 5.74) is 12.9. The van der Waals surface area contributed by atoms with Gasteiger partial charge in [0, 0.05) is 38.3 Å². The highest BCUT2D eigenvalue weighted by molar-refractivity contribution is 6.17. The molecule has 6 heteroatoms. The van der Waals surface area contributed by atoms with Crippen molar-refractivity contribution in [2.75, 3.05) is 0 Å². The Hall–Kier alpha value is -8.37. The SMILES string of the molecule is [C-]#[N+]c1cc(-c2ccc(-n3c4ccc(C#N)cc4c4c(-n5c6ccccc6c6ccccc65)cccc43)cc2)cc(-n2c3ccccc3c3cc([N+]#[C-])ccc32)c1. The molecule has 3 aromatic heterocycles. The summed E-state index contributed by atoms with van der Waals surface area (Å²) in [6, 6.07) is 60.4. The quantitative estimate of drug-likeness (QED) is 0.167. The van der Waals surface area contributed by atoms with Crippen molar-refractivity contribution < 1.29 is 0 Å². The third kappa shape index (κ3) is 4.74. The molecular weight excluding hydrogens is 697 g/mol. The van der Waals surface area contributed by atoms with Crippen LogP contribution in [0.1, 0.15) is 5.56 Å². The van der Waals surface area contributed by atoms with E-state index in [1.54, 1.807) is 0 Å². The van der Waals surface area contributed by atoms with Gasteiger partial charge in [-0.3, -0.25) is 0 Å². The molecule has 0 unspecified atom stereocenters. The number of rotatable bonds is 4. The molecule has 0 fully saturated rings. The molecule has 0 amide bonds. The van der Waals surface area contributed by atoms with Gasteiger partial charge in [0.2, 0.25) is 0 Å². The van der Waals surface area contributed by atoms with Crippen LogP contribution in [0.3, 0.4) is 0 Å². The maximum absolute atomic E-state index is 10.0. The Morgan fingerprint density at radius 3 is 1.67 bits per heavy atom. The molecule has 0 aliphatic carbocycles. The van der Waals surface area contributed by atoms with Crippen molar-refractivity contribution in [1.29, 1.82) is 5.26 Å². The van der Waals surface area contributed by atoms with Crippen LogP contribution in [0.5, 0.6) is 0 Å². The molecule has 6 nitrogen and oxygen atoms in total. The third-order valence-corrected chi connectivity index (χ3v) is 11.3. The van der Waals surface area contributed by atoms with Crippen molar-refractivity contribution in [3.05, 3.63) is 198 Å². The van der Waals surface area contributed by atoms with E-state index in [2.05, 4.69) is 145 Å². The topological polar surface area (TPSA) is 47.3 Å². The highest BCUT2D eigenvalue weighted by Crippen LogP contribution is 2.41. The fourth-order valence-electron chi connectivity index (χ4n) is 8.83. The lowest BCUT2D eigenvalue weighted by molar-refractivity contribution is 1.17. The van der Waals surface area contributed by atoms with Crippen molar-refractivity contribution >= 4 is 76.8 Å². The van der Waals surface area contributed by atoms with Crippen LogP contribution in [0.15, 0.2) is 170 Å². The largest absolute Gasteiger partial charge is 0.311 e. The second-order valence-corrected chi connectivity index (χ2v) is 14.3. The van der Waals surface area contributed by atoms with Crippen molar-refractivity contribution in [2.24, 2.45) is 0 Å². The Balaban J connectivity index is 1.09. The normalized spacial score (nSPS) is 11.5. The first-order valence-electron chi connectivity index (χ1n) is 18.6. The zero-order valence-corrected chi connectivity index (χ0v) is 30.3. The first-order chi connectivity index (χ1) is 28.1. The number of fused-ring (bicyclic) bond motifs is 9. The van der Waals surface area contributed by atoms with Crippen molar-refractivity contribution in [3.63, 3.8) is 0 Å². The Labute approximate surface area is 327 Å². The first-order valence-corrected chi connectivity index (χ1v) is 18.6. The lowest BCUT2D eigenvalue weighted by atomic mass is 10.0. The number of hydrogen-bond donors (Lipinski definition) is 0. The van der Waals surface area contributed by atoms with Gasteiger partial charge < -0.3 is 13.7 Å². The molecule has 0 bridgehead atoms.